The van der Waals surface area contributed by atoms with Gasteiger partial charge < -0.3 is 9.13 Å². The first-order chi connectivity index (χ1) is 46.1. The van der Waals surface area contributed by atoms with Gasteiger partial charge in [-0.15, -0.1) is 0 Å². The number of pyridine rings is 4. The molecule has 0 spiro atoms. The van der Waals surface area contributed by atoms with E-state index in [1.54, 1.807) is 12.1 Å². The van der Waals surface area contributed by atoms with Gasteiger partial charge in [-0.2, -0.15) is 23.7 Å². The first-order valence-corrected chi connectivity index (χ1v) is 30.6. The maximum atomic E-state index is 15.7. The standard InChI is InChI=1S/C83H49F3N8/c84-83(85,86)71-23-13-22-60(46-87)82(71)70-45-81(94-77-41-57(63-30-37-73(90-50-63)54-18-9-3-10-19-54)24-32-66(77)67-33-25-58(42-78(67)94)64-31-38-74(91-51-64)55-20-11-4-12-21-55)80(44-65(70)47-88)93-76-40-56(62-29-36-72(89-49-62)53-16-7-2-8-17-53)26-34-68(76)69-35-27-59(43-79(69)93)75-39-28-61(48-92-75)52-14-5-1-6-15-52/h1-45,48-51H. The van der Waals surface area contributed by atoms with Gasteiger partial charge in [0.2, 0.25) is 0 Å². The molecule has 0 bridgehead atoms. The zero-order chi connectivity index (χ0) is 63.4. The fourth-order valence-electron chi connectivity index (χ4n) is 13.1. The van der Waals surface area contributed by atoms with Crippen molar-refractivity contribution < 1.29 is 13.2 Å². The number of nitrogens with zero attached hydrogens (tertiary/aromatic N) is 8. The summed E-state index contributed by atoms with van der Waals surface area (Å²) in [5, 5.41) is 25.9. The van der Waals surface area contributed by atoms with E-state index in [1.807, 2.05) is 189 Å². The summed E-state index contributed by atoms with van der Waals surface area (Å²) in [7, 11) is 0. The number of aromatic nitrogens is 6. The van der Waals surface area contributed by atoms with Gasteiger partial charge in [0.15, 0.2) is 0 Å². The molecule has 8 nitrogen and oxygen atoms in total. The molecule has 0 aliphatic carbocycles. The molecular formula is C83H49F3N8. The Balaban J connectivity index is 1.01. The first kappa shape index (κ1) is 56.4. The van der Waals surface area contributed by atoms with Crippen molar-refractivity contribution in [1.29, 1.82) is 10.5 Å². The van der Waals surface area contributed by atoms with Gasteiger partial charge in [-0.3, -0.25) is 19.9 Å². The zero-order valence-corrected chi connectivity index (χ0v) is 50.0. The van der Waals surface area contributed by atoms with Crippen molar-refractivity contribution in [2.24, 2.45) is 0 Å². The van der Waals surface area contributed by atoms with E-state index in [4.69, 9.17) is 19.9 Å². The van der Waals surface area contributed by atoms with Crippen LogP contribution in [0.3, 0.4) is 0 Å². The fraction of sp³-hybridized carbons (Fsp3) is 0.0120. The van der Waals surface area contributed by atoms with E-state index in [9.17, 15) is 10.5 Å². The van der Waals surface area contributed by atoms with Crippen LogP contribution in [-0.4, -0.2) is 29.1 Å². The number of halogens is 3. The molecule has 0 radical (unpaired) electrons. The Morgan fingerprint density at radius 1 is 0.287 bits per heavy atom. The van der Waals surface area contributed by atoms with Crippen LogP contribution in [0.25, 0.3) is 156 Å². The third kappa shape index (κ3) is 10.1. The summed E-state index contributed by atoms with van der Waals surface area (Å²) in [5.74, 6) is 0. The Hall–Kier alpha value is -12.8. The van der Waals surface area contributed by atoms with Gasteiger partial charge in [-0.1, -0.05) is 200 Å². The number of benzene rings is 10. The highest BCUT2D eigenvalue weighted by Crippen LogP contribution is 2.47. The van der Waals surface area contributed by atoms with Gasteiger partial charge in [0.05, 0.1) is 85.0 Å². The number of rotatable bonds is 11. The third-order valence-corrected chi connectivity index (χ3v) is 17.7. The molecule has 16 rings (SSSR count). The lowest BCUT2D eigenvalue weighted by molar-refractivity contribution is -0.137. The number of hydrogen-bond donors (Lipinski definition) is 0. The predicted octanol–water partition coefficient (Wildman–Crippen LogP) is 21.2. The van der Waals surface area contributed by atoms with Crippen LogP contribution in [0.15, 0.2) is 298 Å². The van der Waals surface area contributed by atoms with Crippen LogP contribution in [0.1, 0.15) is 16.7 Å². The van der Waals surface area contributed by atoms with E-state index >= 15 is 13.2 Å². The summed E-state index contributed by atoms with van der Waals surface area (Å²) < 4.78 is 51.4. The Kier molecular flexibility index (Phi) is 13.9. The summed E-state index contributed by atoms with van der Waals surface area (Å²) in [4.78, 5) is 19.8. The fourth-order valence-corrected chi connectivity index (χ4v) is 13.1. The lowest BCUT2D eigenvalue weighted by atomic mass is 9.90. The number of fused-ring (bicyclic) bond motifs is 6. The Bertz CT molecular complexity index is 5400. The molecule has 6 aromatic heterocycles. The average molecular weight is 1220 g/mol. The van der Waals surface area contributed by atoms with Gasteiger partial charge in [-0.05, 0) is 95.1 Å². The quantitative estimate of drug-likeness (QED) is 0.128. The molecule has 0 saturated heterocycles. The highest BCUT2D eigenvalue weighted by molar-refractivity contribution is 6.14. The van der Waals surface area contributed by atoms with Crippen LogP contribution in [0.5, 0.6) is 0 Å². The van der Waals surface area contributed by atoms with Crippen LogP contribution in [0.2, 0.25) is 0 Å². The molecule has 6 heterocycles. The molecule has 0 atom stereocenters. The molecule has 0 N–H and O–H groups in total. The lowest BCUT2D eigenvalue weighted by Crippen LogP contribution is -2.10. The van der Waals surface area contributed by atoms with Crippen LogP contribution >= 0.6 is 0 Å². The molecule has 0 fully saturated rings. The molecule has 0 aliphatic rings. The second-order valence-corrected chi connectivity index (χ2v) is 23.1. The van der Waals surface area contributed by atoms with Crippen molar-refractivity contribution in [2.75, 3.05) is 0 Å². The monoisotopic (exact) mass is 1210 g/mol. The van der Waals surface area contributed by atoms with Gasteiger partial charge >= 0.3 is 6.18 Å². The van der Waals surface area contributed by atoms with Crippen molar-refractivity contribution in [3.63, 3.8) is 0 Å². The van der Waals surface area contributed by atoms with Crippen molar-refractivity contribution >= 4 is 43.6 Å². The van der Waals surface area contributed by atoms with Crippen molar-refractivity contribution in [2.45, 2.75) is 6.18 Å². The van der Waals surface area contributed by atoms with Crippen LogP contribution in [0, 0.1) is 22.7 Å². The predicted molar refractivity (Wildman–Crippen MR) is 370 cm³/mol. The minimum Gasteiger partial charge on any atom is -0.307 e. The first-order valence-electron chi connectivity index (χ1n) is 30.6. The Labute approximate surface area is 538 Å². The molecule has 0 unspecified atom stereocenters. The second kappa shape index (κ2) is 23.2. The van der Waals surface area contributed by atoms with Crippen molar-refractivity contribution in [3.05, 3.63) is 314 Å². The molecule has 442 valence electrons. The highest BCUT2D eigenvalue weighted by Gasteiger charge is 2.36. The molecule has 0 amide bonds. The van der Waals surface area contributed by atoms with E-state index in [2.05, 4.69) is 100 Å². The maximum Gasteiger partial charge on any atom is 0.417 e. The molecule has 10 aromatic carbocycles. The van der Waals surface area contributed by atoms with E-state index in [1.165, 1.54) is 12.1 Å². The normalized spacial score (nSPS) is 11.5. The molecular weight excluding hydrogens is 1170 g/mol. The third-order valence-electron chi connectivity index (χ3n) is 17.7. The Morgan fingerprint density at radius 3 is 0.979 bits per heavy atom. The molecule has 0 saturated carbocycles. The van der Waals surface area contributed by atoms with Crippen molar-refractivity contribution in [3.8, 4) is 124 Å². The van der Waals surface area contributed by atoms with E-state index in [-0.39, 0.29) is 16.7 Å². The van der Waals surface area contributed by atoms with E-state index in [0.717, 1.165) is 122 Å². The number of alkyl halides is 3. The van der Waals surface area contributed by atoms with Gasteiger partial charge in [-0.25, -0.2) is 0 Å². The summed E-state index contributed by atoms with van der Waals surface area (Å²) >= 11 is 0. The van der Waals surface area contributed by atoms with E-state index in [0.29, 0.717) is 28.1 Å². The summed E-state index contributed by atoms with van der Waals surface area (Å²) in [6, 6.07) is 92.4. The minimum atomic E-state index is -4.92. The van der Waals surface area contributed by atoms with Crippen LogP contribution in [-0.2, 0) is 6.18 Å². The molecule has 16 aromatic rings. The second-order valence-electron chi connectivity index (χ2n) is 23.1. The summed E-state index contributed by atoms with van der Waals surface area (Å²) in [6.45, 7) is 0. The summed E-state index contributed by atoms with van der Waals surface area (Å²) in [6.07, 6.45) is 2.52. The highest BCUT2D eigenvalue weighted by atomic mass is 19.4. The minimum absolute atomic E-state index is 0.0659. The molecule has 94 heavy (non-hydrogen) atoms. The lowest BCUT2D eigenvalue weighted by Gasteiger charge is -2.22. The topological polar surface area (TPSA) is 109 Å². The molecule has 11 heteroatoms. The van der Waals surface area contributed by atoms with Crippen molar-refractivity contribution in [1.82, 2.24) is 29.1 Å². The van der Waals surface area contributed by atoms with Gasteiger partial charge in [0.1, 0.15) is 0 Å². The smallest absolute Gasteiger partial charge is 0.307 e. The number of hydrogen-bond acceptors (Lipinski definition) is 6. The summed E-state index contributed by atoms with van der Waals surface area (Å²) in [5.41, 5.74) is 15.9. The molecule has 0 aliphatic heterocycles. The maximum absolute atomic E-state index is 15.7. The largest absolute Gasteiger partial charge is 0.417 e. The van der Waals surface area contributed by atoms with E-state index < -0.39 is 17.3 Å². The van der Waals surface area contributed by atoms with Gasteiger partial charge in [0.25, 0.3) is 0 Å². The SMILES string of the molecule is N#Cc1cc(-n2c3cc(-c4ccc(-c5ccccc5)nc4)ccc3c3ccc(-c4ccc(-c5ccccc5)cn4)cc32)c(-n2c3cc(-c4ccc(-c5ccccc5)nc4)ccc3c3ccc(-c4ccc(-c5ccccc5)nc4)cc32)cc1-c1c(C#N)cccc1C(F)(F)F. The average Bonchev–Trinajstić information content (AvgIpc) is 1.52. The van der Waals surface area contributed by atoms with Gasteiger partial charge in [0, 0.05) is 102 Å². The number of nitriles is 2. The Morgan fingerprint density at radius 2 is 0.617 bits per heavy atom. The van der Waals surface area contributed by atoms with Crippen LogP contribution < -0.4 is 0 Å². The zero-order valence-electron chi connectivity index (χ0n) is 50.0. The van der Waals surface area contributed by atoms with Crippen LogP contribution in [0.4, 0.5) is 13.2 Å².